The standard InChI is InChI=1S/C21H23N5O4S2/c1-3-17(20(28)24-14-7-9-16(10-8-14)32(23,29)30)31-21-25-19(27)12-18(22)26(21)15-6-4-5-13(2)11-15/h4-12,17H,3,22H2,1-2H3,(H,24,28)(H2,23,29,30)/t17-/m1/s1. The Labute approximate surface area is 189 Å². The maximum Gasteiger partial charge on any atom is 0.275 e. The van der Waals surface area contributed by atoms with E-state index in [9.17, 15) is 18.0 Å². The molecular weight excluding hydrogens is 450 g/mol. The van der Waals surface area contributed by atoms with Crippen LogP contribution >= 0.6 is 11.8 Å². The van der Waals surface area contributed by atoms with E-state index < -0.39 is 20.8 Å². The lowest BCUT2D eigenvalue weighted by Gasteiger charge is -2.19. The van der Waals surface area contributed by atoms with E-state index in [1.807, 2.05) is 38.1 Å². The predicted octanol–water partition coefficient (Wildman–Crippen LogP) is 2.28. The van der Waals surface area contributed by atoms with Crippen molar-refractivity contribution < 1.29 is 13.2 Å². The number of anilines is 2. The number of nitrogens with zero attached hydrogens (tertiary/aromatic N) is 2. The molecule has 32 heavy (non-hydrogen) atoms. The quantitative estimate of drug-likeness (QED) is 0.352. The molecule has 0 spiro atoms. The first-order valence-electron chi connectivity index (χ1n) is 9.65. The fraction of sp³-hybridized carbons (Fsp3) is 0.190. The number of rotatable bonds is 7. The summed E-state index contributed by atoms with van der Waals surface area (Å²) >= 11 is 1.12. The topological polar surface area (TPSA) is 150 Å². The molecule has 1 heterocycles. The van der Waals surface area contributed by atoms with Crippen LogP contribution in [0.15, 0.2) is 69.4 Å². The van der Waals surface area contributed by atoms with Crippen LogP contribution in [0, 0.1) is 6.92 Å². The summed E-state index contributed by atoms with van der Waals surface area (Å²) in [5, 5.41) is 7.56. The fourth-order valence-electron chi connectivity index (χ4n) is 2.98. The lowest BCUT2D eigenvalue weighted by molar-refractivity contribution is -0.115. The molecule has 5 N–H and O–H groups in total. The molecule has 0 radical (unpaired) electrons. The SMILES string of the molecule is CC[C@@H](Sc1nc(=O)cc(N)n1-c1cccc(C)c1)C(=O)Nc1ccc(S(N)(=O)=O)cc1. The summed E-state index contributed by atoms with van der Waals surface area (Å²) in [6, 6.07) is 14.3. The summed E-state index contributed by atoms with van der Waals surface area (Å²) < 4.78 is 24.4. The number of sulfonamides is 1. The van der Waals surface area contributed by atoms with Crippen LogP contribution in [-0.2, 0) is 14.8 Å². The Hall–Kier alpha value is -3.15. The van der Waals surface area contributed by atoms with Crippen LogP contribution in [0.25, 0.3) is 5.69 Å². The van der Waals surface area contributed by atoms with Crippen molar-refractivity contribution in [3.63, 3.8) is 0 Å². The van der Waals surface area contributed by atoms with Crippen LogP contribution in [0.1, 0.15) is 18.9 Å². The third-order valence-electron chi connectivity index (χ3n) is 4.55. The Morgan fingerprint density at radius 3 is 2.47 bits per heavy atom. The number of carbonyl (C=O) groups excluding carboxylic acids is 1. The lowest BCUT2D eigenvalue weighted by Crippen LogP contribution is -2.26. The van der Waals surface area contributed by atoms with E-state index in [4.69, 9.17) is 10.9 Å². The van der Waals surface area contributed by atoms with Crippen LogP contribution in [0.3, 0.4) is 0 Å². The number of aromatic nitrogens is 2. The van der Waals surface area contributed by atoms with E-state index in [0.717, 1.165) is 23.0 Å². The zero-order chi connectivity index (χ0) is 23.5. The van der Waals surface area contributed by atoms with Gasteiger partial charge < -0.3 is 11.1 Å². The van der Waals surface area contributed by atoms with E-state index in [0.29, 0.717) is 17.3 Å². The number of nitrogens with two attached hydrogens (primary N) is 2. The molecule has 0 unspecified atom stereocenters. The highest BCUT2D eigenvalue weighted by atomic mass is 32.2. The van der Waals surface area contributed by atoms with E-state index in [-0.39, 0.29) is 16.6 Å². The second-order valence-corrected chi connectivity index (χ2v) is 9.78. The van der Waals surface area contributed by atoms with Crippen molar-refractivity contribution in [3.05, 3.63) is 70.5 Å². The number of nitrogen functional groups attached to an aromatic ring is 1. The Morgan fingerprint density at radius 2 is 1.88 bits per heavy atom. The normalized spacial score (nSPS) is 12.3. The van der Waals surface area contributed by atoms with Crippen molar-refractivity contribution in [2.45, 2.75) is 35.6 Å². The maximum atomic E-state index is 12.9. The second-order valence-electron chi connectivity index (χ2n) is 7.05. The highest BCUT2D eigenvalue weighted by Gasteiger charge is 2.22. The van der Waals surface area contributed by atoms with Gasteiger partial charge in [0.25, 0.3) is 5.56 Å². The van der Waals surface area contributed by atoms with Crippen LogP contribution in [-0.4, -0.2) is 29.1 Å². The minimum Gasteiger partial charge on any atom is -0.385 e. The number of benzene rings is 2. The van der Waals surface area contributed by atoms with Gasteiger partial charge in [-0.05, 0) is 55.3 Å². The van der Waals surface area contributed by atoms with Gasteiger partial charge >= 0.3 is 0 Å². The summed E-state index contributed by atoms with van der Waals surface area (Å²) in [6.07, 6.45) is 0.449. The molecule has 0 bridgehead atoms. The van der Waals surface area contributed by atoms with Crippen molar-refractivity contribution >= 4 is 39.2 Å². The molecule has 0 saturated carbocycles. The van der Waals surface area contributed by atoms with Gasteiger partial charge in [-0.3, -0.25) is 14.2 Å². The first-order chi connectivity index (χ1) is 15.1. The van der Waals surface area contributed by atoms with Crippen molar-refractivity contribution in [2.24, 2.45) is 5.14 Å². The van der Waals surface area contributed by atoms with Crippen LogP contribution in [0.2, 0.25) is 0 Å². The molecule has 0 aliphatic rings. The summed E-state index contributed by atoms with van der Waals surface area (Å²) in [4.78, 5) is 28.9. The molecule has 0 fully saturated rings. The van der Waals surface area contributed by atoms with E-state index in [1.54, 1.807) is 4.57 Å². The molecule has 2 aromatic carbocycles. The predicted molar refractivity (Wildman–Crippen MR) is 125 cm³/mol. The number of primary sulfonamides is 1. The zero-order valence-corrected chi connectivity index (χ0v) is 19.1. The summed E-state index contributed by atoms with van der Waals surface area (Å²) in [5.41, 5.74) is 7.77. The molecular formula is C21H23N5O4S2. The molecule has 1 amide bonds. The Morgan fingerprint density at radius 1 is 1.19 bits per heavy atom. The molecule has 9 nitrogen and oxygen atoms in total. The van der Waals surface area contributed by atoms with Crippen LogP contribution in [0.4, 0.5) is 11.5 Å². The Balaban J connectivity index is 1.88. The highest BCUT2D eigenvalue weighted by Crippen LogP contribution is 2.28. The first-order valence-corrected chi connectivity index (χ1v) is 12.1. The van der Waals surface area contributed by atoms with Gasteiger partial charge in [-0.25, -0.2) is 13.6 Å². The van der Waals surface area contributed by atoms with Gasteiger partial charge in [0.2, 0.25) is 15.9 Å². The van der Waals surface area contributed by atoms with Crippen molar-refractivity contribution in [3.8, 4) is 5.69 Å². The van der Waals surface area contributed by atoms with Gasteiger partial charge in [-0.2, -0.15) is 4.98 Å². The summed E-state index contributed by atoms with van der Waals surface area (Å²) in [7, 11) is -3.82. The number of carbonyl (C=O) groups is 1. The molecule has 0 aliphatic heterocycles. The van der Waals surface area contributed by atoms with E-state index in [1.165, 1.54) is 30.3 Å². The fourth-order valence-corrected chi connectivity index (χ4v) is 4.55. The van der Waals surface area contributed by atoms with Crippen molar-refractivity contribution in [1.82, 2.24) is 9.55 Å². The molecule has 168 valence electrons. The second kappa shape index (κ2) is 9.55. The van der Waals surface area contributed by atoms with Gasteiger partial charge in [-0.1, -0.05) is 30.8 Å². The number of hydrogen-bond acceptors (Lipinski definition) is 7. The Kier molecular flexibility index (Phi) is 7.02. The molecule has 0 aliphatic carbocycles. The molecule has 3 rings (SSSR count). The molecule has 1 atom stereocenters. The molecule has 0 saturated heterocycles. The highest BCUT2D eigenvalue weighted by molar-refractivity contribution is 8.00. The average molecular weight is 474 g/mol. The lowest BCUT2D eigenvalue weighted by atomic mass is 10.2. The number of aryl methyl sites for hydroxylation is 1. The van der Waals surface area contributed by atoms with E-state index >= 15 is 0 Å². The third-order valence-corrected chi connectivity index (χ3v) is 6.79. The largest absolute Gasteiger partial charge is 0.385 e. The van der Waals surface area contributed by atoms with Crippen LogP contribution < -0.4 is 21.7 Å². The minimum absolute atomic E-state index is 0.0527. The van der Waals surface area contributed by atoms with Gasteiger partial charge in [-0.15, -0.1) is 0 Å². The number of nitrogens with one attached hydrogen (secondary N) is 1. The number of thioether (sulfide) groups is 1. The average Bonchev–Trinajstić information content (AvgIpc) is 2.71. The molecule has 11 heteroatoms. The van der Waals surface area contributed by atoms with Crippen LogP contribution in [0.5, 0.6) is 0 Å². The van der Waals surface area contributed by atoms with Crippen molar-refractivity contribution in [2.75, 3.05) is 11.1 Å². The number of amides is 1. The van der Waals surface area contributed by atoms with Gasteiger partial charge in [0, 0.05) is 17.4 Å². The smallest absolute Gasteiger partial charge is 0.275 e. The number of hydrogen-bond donors (Lipinski definition) is 3. The third kappa shape index (κ3) is 5.55. The van der Waals surface area contributed by atoms with Gasteiger partial charge in [0.15, 0.2) is 5.16 Å². The molecule has 3 aromatic rings. The van der Waals surface area contributed by atoms with Gasteiger partial charge in [0.1, 0.15) is 5.82 Å². The maximum absolute atomic E-state index is 12.9. The minimum atomic E-state index is -3.82. The van der Waals surface area contributed by atoms with E-state index in [2.05, 4.69) is 10.3 Å². The van der Waals surface area contributed by atoms with Crippen molar-refractivity contribution in [1.29, 1.82) is 0 Å². The van der Waals surface area contributed by atoms with Gasteiger partial charge in [0.05, 0.1) is 10.1 Å². The zero-order valence-electron chi connectivity index (χ0n) is 17.5. The summed E-state index contributed by atoms with van der Waals surface area (Å²) in [6.45, 7) is 3.77. The first kappa shape index (κ1) is 23.5. The Bertz CT molecular complexity index is 1300. The molecule has 1 aromatic heterocycles. The monoisotopic (exact) mass is 473 g/mol. The summed E-state index contributed by atoms with van der Waals surface area (Å²) in [5.74, 6) is -0.111.